The summed E-state index contributed by atoms with van der Waals surface area (Å²) in [6, 6.07) is 1.18. The lowest BCUT2D eigenvalue weighted by atomic mass is 9.97. The second kappa shape index (κ2) is 6.48. The minimum atomic E-state index is -3.47. The third-order valence-corrected chi connectivity index (χ3v) is 5.72. The van der Waals surface area contributed by atoms with Crippen LogP contribution in [0.4, 0.5) is 0 Å². The van der Waals surface area contributed by atoms with Crippen LogP contribution in [0.25, 0.3) is 0 Å². The molecule has 22 heavy (non-hydrogen) atoms. The molecule has 1 aromatic rings. The van der Waals surface area contributed by atoms with Gasteiger partial charge in [0.15, 0.2) is 9.84 Å². The number of nitrogens with zero attached hydrogens (tertiary/aromatic N) is 1. The fourth-order valence-corrected chi connectivity index (χ4v) is 3.35. The Bertz CT molecular complexity index is 728. The Balaban J connectivity index is 2.29. The van der Waals surface area contributed by atoms with E-state index in [0.717, 1.165) is 19.0 Å². The molecule has 1 amide bonds. The second-order valence-electron chi connectivity index (χ2n) is 5.35. The van der Waals surface area contributed by atoms with Crippen LogP contribution in [0.2, 0.25) is 0 Å². The number of hydrogen-bond acceptors (Lipinski definition) is 4. The summed E-state index contributed by atoms with van der Waals surface area (Å²) < 4.78 is 23.8. The van der Waals surface area contributed by atoms with E-state index in [1.807, 2.05) is 6.08 Å². The van der Waals surface area contributed by atoms with E-state index in [-0.39, 0.29) is 16.2 Å². The van der Waals surface area contributed by atoms with Gasteiger partial charge in [-0.1, -0.05) is 13.0 Å². The number of piperidine rings is 1. The highest BCUT2D eigenvalue weighted by Gasteiger charge is 2.25. The predicted molar refractivity (Wildman–Crippen MR) is 83.6 cm³/mol. The number of aromatic nitrogens is 1. The van der Waals surface area contributed by atoms with Crippen molar-refractivity contribution in [3.8, 4) is 0 Å². The van der Waals surface area contributed by atoms with Crippen molar-refractivity contribution in [3.05, 3.63) is 40.8 Å². The van der Waals surface area contributed by atoms with E-state index in [9.17, 15) is 18.0 Å². The molecule has 6 nitrogen and oxygen atoms in total. The quantitative estimate of drug-likeness (QED) is 0.843. The van der Waals surface area contributed by atoms with Gasteiger partial charge in [-0.15, -0.1) is 6.58 Å². The van der Waals surface area contributed by atoms with Gasteiger partial charge in [0.2, 0.25) is 0 Å². The lowest BCUT2D eigenvalue weighted by Crippen LogP contribution is -2.40. The molecule has 0 radical (unpaired) electrons. The van der Waals surface area contributed by atoms with Crippen molar-refractivity contribution in [2.24, 2.45) is 5.92 Å². The molecule has 1 aromatic heterocycles. The Hall–Kier alpha value is -1.89. The van der Waals surface area contributed by atoms with E-state index in [1.54, 1.807) is 4.90 Å². The molecule has 120 valence electrons. The number of carbonyl (C=O) groups is 1. The van der Waals surface area contributed by atoms with Crippen molar-refractivity contribution in [3.63, 3.8) is 0 Å². The molecule has 1 N–H and O–H groups in total. The number of hydrogen-bond donors (Lipinski definition) is 1. The van der Waals surface area contributed by atoms with E-state index in [1.165, 1.54) is 13.0 Å². The first kappa shape index (κ1) is 16.5. The predicted octanol–water partition coefficient (Wildman–Crippen LogP) is 1.21. The fraction of sp³-hybridized carbons (Fsp3) is 0.467. The number of allylic oxidation sites excluding steroid dienone is 1. The van der Waals surface area contributed by atoms with Crippen LogP contribution >= 0.6 is 0 Å². The van der Waals surface area contributed by atoms with Crippen LogP contribution in [-0.4, -0.2) is 43.1 Å². The molecule has 0 spiro atoms. The maximum Gasteiger partial charge on any atom is 0.260 e. The van der Waals surface area contributed by atoms with Gasteiger partial charge in [-0.3, -0.25) is 9.59 Å². The number of rotatable bonds is 4. The van der Waals surface area contributed by atoms with Crippen molar-refractivity contribution in [1.82, 2.24) is 9.88 Å². The van der Waals surface area contributed by atoms with Crippen LogP contribution in [0.15, 0.2) is 34.6 Å². The van der Waals surface area contributed by atoms with Crippen LogP contribution in [0.5, 0.6) is 0 Å². The summed E-state index contributed by atoms with van der Waals surface area (Å²) in [5, 5.41) is 0. The number of likely N-dealkylation sites (tertiary alicyclic amines) is 1. The van der Waals surface area contributed by atoms with Gasteiger partial charge in [0.25, 0.3) is 11.5 Å². The smallest absolute Gasteiger partial charge is 0.260 e. The van der Waals surface area contributed by atoms with E-state index in [4.69, 9.17) is 0 Å². The Labute approximate surface area is 129 Å². The topological polar surface area (TPSA) is 87.3 Å². The third kappa shape index (κ3) is 3.30. The molecule has 1 aliphatic rings. The minimum absolute atomic E-state index is 0.0288. The average molecular weight is 324 g/mol. The number of nitrogens with one attached hydrogen (secondary N) is 1. The summed E-state index contributed by atoms with van der Waals surface area (Å²) in [5.74, 6) is -0.122. The average Bonchev–Trinajstić information content (AvgIpc) is 2.54. The zero-order valence-corrected chi connectivity index (χ0v) is 13.4. The zero-order valence-electron chi connectivity index (χ0n) is 12.5. The molecule has 1 fully saturated rings. The molecule has 2 heterocycles. The van der Waals surface area contributed by atoms with Gasteiger partial charge in [0.05, 0.1) is 10.6 Å². The summed E-state index contributed by atoms with van der Waals surface area (Å²) in [4.78, 5) is 28.3. The Kier molecular flexibility index (Phi) is 4.85. The molecule has 1 aliphatic heterocycles. The van der Waals surface area contributed by atoms with Crippen molar-refractivity contribution in [1.29, 1.82) is 0 Å². The highest BCUT2D eigenvalue weighted by molar-refractivity contribution is 7.91. The number of aromatic amines is 1. The molecule has 2 rings (SSSR count). The number of pyridine rings is 1. The normalized spacial score (nSPS) is 16.5. The van der Waals surface area contributed by atoms with Gasteiger partial charge < -0.3 is 9.88 Å². The first-order valence-electron chi connectivity index (χ1n) is 7.26. The summed E-state index contributed by atoms with van der Waals surface area (Å²) in [6.07, 6.45) is 4.63. The number of H-pyrrole nitrogens is 1. The van der Waals surface area contributed by atoms with Crippen molar-refractivity contribution >= 4 is 15.7 Å². The van der Waals surface area contributed by atoms with Gasteiger partial charge in [-0.05, 0) is 24.8 Å². The Morgan fingerprint density at radius 1 is 1.45 bits per heavy atom. The number of sulfone groups is 1. The molecule has 1 saturated heterocycles. The summed E-state index contributed by atoms with van der Waals surface area (Å²) in [7, 11) is -3.47. The van der Waals surface area contributed by atoms with Crippen molar-refractivity contribution in [2.75, 3.05) is 18.8 Å². The SMILES string of the molecule is C=CC1CCN(C(=O)c2cc(S(=O)(=O)CC)c[nH]c2=O)CC1. The summed E-state index contributed by atoms with van der Waals surface area (Å²) in [6.45, 7) is 6.35. The van der Waals surface area contributed by atoms with Gasteiger partial charge in [0, 0.05) is 19.3 Å². The van der Waals surface area contributed by atoms with E-state index in [2.05, 4.69) is 11.6 Å². The molecule has 0 bridgehead atoms. The maximum absolute atomic E-state index is 12.5. The Morgan fingerprint density at radius 3 is 2.64 bits per heavy atom. The lowest BCUT2D eigenvalue weighted by molar-refractivity contribution is 0.0703. The molecule has 7 heteroatoms. The van der Waals surface area contributed by atoms with Crippen LogP contribution in [0.1, 0.15) is 30.1 Å². The molecule has 0 aromatic carbocycles. The van der Waals surface area contributed by atoms with Gasteiger partial charge >= 0.3 is 0 Å². The first-order chi connectivity index (χ1) is 10.4. The van der Waals surface area contributed by atoms with Gasteiger partial charge in [0.1, 0.15) is 5.56 Å². The van der Waals surface area contributed by atoms with Crippen LogP contribution < -0.4 is 5.56 Å². The van der Waals surface area contributed by atoms with E-state index >= 15 is 0 Å². The zero-order chi connectivity index (χ0) is 16.3. The fourth-order valence-electron chi connectivity index (χ4n) is 2.48. The highest BCUT2D eigenvalue weighted by Crippen LogP contribution is 2.19. The summed E-state index contributed by atoms with van der Waals surface area (Å²) >= 11 is 0. The van der Waals surface area contributed by atoms with E-state index < -0.39 is 21.3 Å². The Morgan fingerprint density at radius 2 is 2.09 bits per heavy atom. The standard InChI is InChI=1S/C15H20N2O4S/c1-3-11-5-7-17(8-6-11)15(19)13-9-12(10-16-14(13)18)22(20,21)4-2/h3,9-11H,1,4-8H2,2H3,(H,16,18). The first-order valence-corrected chi connectivity index (χ1v) is 8.91. The number of amides is 1. The largest absolute Gasteiger partial charge is 0.338 e. The molecule has 0 unspecified atom stereocenters. The van der Waals surface area contributed by atoms with Crippen LogP contribution in [-0.2, 0) is 9.84 Å². The molecule has 0 atom stereocenters. The lowest BCUT2D eigenvalue weighted by Gasteiger charge is -2.30. The van der Waals surface area contributed by atoms with E-state index in [0.29, 0.717) is 19.0 Å². The van der Waals surface area contributed by atoms with Crippen molar-refractivity contribution < 1.29 is 13.2 Å². The van der Waals surface area contributed by atoms with Crippen molar-refractivity contribution in [2.45, 2.75) is 24.7 Å². The third-order valence-electron chi connectivity index (χ3n) is 4.01. The monoisotopic (exact) mass is 324 g/mol. The van der Waals surface area contributed by atoms with Crippen LogP contribution in [0, 0.1) is 5.92 Å². The molecular formula is C15H20N2O4S. The van der Waals surface area contributed by atoms with Gasteiger partial charge in [-0.25, -0.2) is 8.42 Å². The summed E-state index contributed by atoms with van der Waals surface area (Å²) in [5.41, 5.74) is -0.683. The molecule has 0 saturated carbocycles. The second-order valence-corrected chi connectivity index (χ2v) is 7.63. The molecular weight excluding hydrogens is 304 g/mol. The minimum Gasteiger partial charge on any atom is -0.338 e. The molecule has 0 aliphatic carbocycles. The number of carbonyl (C=O) groups excluding carboxylic acids is 1. The van der Waals surface area contributed by atoms with Gasteiger partial charge in [-0.2, -0.15) is 0 Å². The maximum atomic E-state index is 12.5. The van der Waals surface area contributed by atoms with Crippen LogP contribution in [0.3, 0.4) is 0 Å². The highest BCUT2D eigenvalue weighted by atomic mass is 32.2.